The van der Waals surface area contributed by atoms with Crippen LogP contribution in [0.4, 0.5) is 4.79 Å². The highest BCUT2D eigenvalue weighted by Gasteiger charge is 2.34. The Kier molecular flexibility index (Phi) is 6.27. The van der Waals surface area contributed by atoms with E-state index in [1.807, 2.05) is 0 Å². The van der Waals surface area contributed by atoms with Crippen LogP contribution in [0.5, 0.6) is 0 Å². The molecule has 0 bridgehead atoms. The van der Waals surface area contributed by atoms with Crippen LogP contribution >= 0.6 is 11.8 Å². The largest absolute Gasteiger partial charge is 0.480 e. The van der Waals surface area contributed by atoms with Crippen LogP contribution in [0.15, 0.2) is 35.2 Å². The summed E-state index contributed by atoms with van der Waals surface area (Å²) >= 11 is 1.08. The molecule has 9 nitrogen and oxygen atoms in total. The summed E-state index contributed by atoms with van der Waals surface area (Å²) in [4.78, 5) is 24.1. The number of aliphatic carboxylic acids is 1. The third-order valence-electron chi connectivity index (χ3n) is 3.55. The Labute approximate surface area is 150 Å². The molecule has 2 rings (SSSR count). The van der Waals surface area contributed by atoms with Crippen molar-refractivity contribution in [2.75, 3.05) is 25.2 Å². The third-order valence-corrected chi connectivity index (χ3v) is 6.86. The van der Waals surface area contributed by atoms with E-state index in [0.717, 1.165) is 11.8 Å². The molecule has 1 aromatic rings. The summed E-state index contributed by atoms with van der Waals surface area (Å²) in [6.07, 6.45) is 0. The number of nitrogens with one attached hydrogen (secondary N) is 1. The molecule has 2 atom stereocenters. The molecule has 25 heavy (non-hydrogen) atoms. The minimum absolute atomic E-state index is 0.0143. The maximum Gasteiger partial charge on any atom is 0.332 e. The number of rotatable bonds is 8. The quantitative estimate of drug-likeness (QED) is 0.556. The van der Waals surface area contributed by atoms with E-state index in [4.69, 9.17) is 10.8 Å². The molecule has 1 saturated heterocycles. The Morgan fingerprint density at radius 3 is 2.56 bits per heavy atom. The molecular weight excluding hydrogens is 368 g/mol. The Morgan fingerprint density at radius 1 is 1.40 bits per heavy atom. The van der Waals surface area contributed by atoms with E-state index >= 15 is 0 Å². The number of thioether (sulfide) groups is 1. The van der Waals surface area contributed by atoms with E-state index in [1.165, 1.54) is 22.0 Å². The smallest absolute Gasteiger partial charge is 0.332 e. The molecule has 1 aliphatic rings. The average Bonchev–Trinajstić information content (AvgIpc) is 2.91. The van der Waals surface area contributed by atoms with Crippen LogP contribution in [0.1, 0.15) is 0 Å². The second-order valence-corrected chi connectivity index (χ2v) is 8.80. The molecule has 138 valence electrons. The van der Waals surface area contributed by atoms with Gasteiger partial charge in [0.2, 0.25) is 0 Å². The molecule has 0 radical (unpaired) electrons. The van der Waals surface area contributed by atoms with Crippen molar-refractivity contribution >= 4 is 33.6 Å². The molecule has 2 amide bonds. The topological polar surface area (TPSA) is 133 Å². The number of hydrogen-bond acceptors (Lipinski definition) is 7. The number of amides is 2. The van der Waals surface area contributed by atoms with Crippen LogP contribution in [0, 0.1) is 0 Å². The van der Waals surface area contributed by atoms with E-state index in [-0.39, 0.29) is 29.1 Å². The van der Waals surface area contributed by atoms with Crippen LogP contribution in [-0.2, 0) is 14.6 Å². The molecule has 1 aromatic carbocycles. The summed E-state index contributed by atoms with van der Waals surface area (Å²) in [5.41, 5.74) is 8.08. The molecule has 1 heterocycles. The maximum absolute atomic E-state index is 12.6. The first-order valence-electron chi connectivity index (χ1n) is 7.37. The molecule has 0 saturated carbocycles. The van der Waals surface area contributed by atoms with Crippen LogP contribution in [0.3, 0.4) is 0 Å². The van der Waals surface area contributed by atoms with E-state index < -0.39 is 27.2 Å². The molecule has 1 fully saturated rings. The van der Waals surface area contributed by atoms with Gasteiger partial charge in [-0.1, -0.05) is 18.2 Å². The van der Waals surface area contributed by atoms with Gasteiger partial charge in [-0.25, -0.2) is 13.2 Å². The van der Waals surface area contributed by atoms with Crippen molar-refractivity contribution in [3.8, 4) is 0 Å². The summed E-state index contributed by atoms with van der Waals surface area (Å²) in [5, 5.41) is 9.70. The maximum atomic E-state index is 12.6. The number of carboxylic acid groups (broad SMARTS) is 1. The zero-order valence-electron chi connectivity index (χ0n) is 13.5. The predicted octanol–water partition coefficient (Wildman–Crippen LogP) is -0.239. The van der Waals surface area contributed by atoms with Crippen molar-refractivity contribution < 1.29 is 23.1 Å². The SMILES string of the molecule is CN1CN(C(CS(=O)(=O)c2ccccc2)SC[C@H](N)C(=O)O)NC1=O. The first kappa shape index (κ1) is 19.5. The molecule has 1 unspecified atom stereocenters. The first-order chi connectivity index (χ1) is 11.7. The van der Waals surface area contributed by atoms with Crippen molar-refractivity contribution in [1.82, 2.24) is 15.3 Å². The average molecular weight is 388 g/mol. The van der Waals surface area contributed by atoms with E-state index in [1.54, 1.807) is 25.2 Å². The number of carbonyl (C=O) groups is 2. The summed E-state index contributed by atoms with van der Waals surface area (Å²) in [5.74, 6) is -1.44. The monoisotopic (exact) mass is 388 g/mol. The number of nitrogens with two attached hydrogens (primary N) is 1. The highest BCUT2D eigenvalue weighted by molar-refractivity contribution is 8.01. The minimum atomic E-state index is -3.62. The second kappa shape index (κ2) is 8.04. The van der Waals surface area contributed by atoms with Gasteiger partial charge in [0.05, 0.1) is 22.7 Å². The van der Waals surface area contributed by atoms with Gasteiger partial charge >= 0.3 is 12.0 Å². The lowest BCUT2D eigenvalue weighted by Gasteiger charge is -2.26. The number of benzene rings is 1. The Balaban J connectivity index is 2.16. The Morgan fingerprint density at radius 2 is 2.04 bits per heavy atom. The van der Waals surface area contributed by atoms with Gasteiger partial charge < -0.3 is 15.7 Å². The zero-order valence-corrected chi connectivity index (χ0v) is 15.2. The third kappa shape index (κ3) is 5.08. The molecule has 11 heteroatoms. The van der Waals surface area contributed by atoms with Crippen LogP contribution in [0.25, 0.3) is 0 Å². The lowest BCUT2D eigenvalue weighted by atomic mass is 10.4. The summed E-state index contributed by atoms with van der Waals surface area (Å²) in [6, 6.07) is 6.48. The molecule has 4 N–H and O–H groups in total. The van der Waals surface area contributed by atoms with Crippen LogP contribution in [0.2, 0.25) is 0 Å². The van der Waals surface area contributed by atoms with Crippen molar-refractivity contribution in [2.45, 2.75) is 16.3 Å². The lowest BCUT2D eigenvalue weighted by Crippen LogP contribution is -2.45. The van der Waals surface area contributed by atoms with Gasteiger partial charge in [-0.15, -0.1) is 11.8 Å². The Hall–Kier alpha value is -1.82. The fraction of sp³-hybridized carbons (Fsp3) is 0.429. The molecular formula is C14H20N4O5S2. The predicted molar refractivity (Wildman–Crippen MR) is 93.4 cm³/mol. The lowest BCUT2D eigenvalue weighted by molar-refractivity contribution is -0.137. The standard InChI is InChI=1S/C14H20N4O5S2/c1-17-9-18(16-14(17)21)12(24-7-11(15)13(19)20)8-25(22,23)10-5-3-2-4-6-10/h2-6,11-12H,7-9,15H2,1H3,(H,16,21)(H,19,20)/t11-,12?/m0/s1. The number of carbonyl (C=O) groups excluding carboxylic acids is 1. The fourth-order valence-electron chi connectivity index (χ4n) is 2.13. The van der Waals surface area contributed by atoms with Gasteiger partial charge in [0.25, 0.3) is 0 Å². The molecule has 1 aliphatic heterocycles. The molecule has 0 spiro atoms. The number of carboxylic acids is 1. The minimum Gasteiger partial charge on any atom is -0.480 e. The van der Waals surface area contributed by atoms with E-state index in [9.17, 15) is 18.0 Å². The normalized spacial score (nSPS) is 18.0. The molecule has 0 aromatic heterocycles. The van der Waals surface area contributed by atoms with E-state index in [2.05, 4.69) is 5.43 Å². The highest BCUT2D eigenvalue weighted by atomic mass is 32.2. The van der Waals surface area contributed by atoms with Crippen molar-refractivity contribution in [2.24, 2.45) is 5.73 Å². The van der Waals surface area contributed by atoms with Gasteiger partial charge in [0.1, 0.15) is 6.04 Å². The number of hydrogen-bond donors (Lipinski definition) is 3. The van der Waals surface area contributed by atoms with Crippen LogP contribution in [-0.4, -0.2) is 72.1 Å². The fourth-order valence-corrected chi connectivity index (χ4v) is 5.24. The van der Waals surface area contributed by atoms with Crippen molar-refractivity contribution in [3.63, 3.8) is 0 Å². The summed E-state index contributed by atoms with van der Waals surface area (Å²) in [6.45, 7) is 0.184. The van der Waals surface area contributed by atoms with Gasteiger partial charge in [0.15, 0.2) is 9.84 Å². The van der Waals surface area contributed by atoms with Gasteiger partial charge in [-0.3, -0.25) is 10.2 Å². The number of urea groups is 1. The summed E-state index contributed by atoms with van der Waals surface area (Å²) < 4.78 is 25.3. The Bertz CT molecular complexity index is 728. The van der Waals surface area contributed by atoms with Crippen LogP contribution < -0.4 is 11.2 Å². The number of sulfone groups is 1. The van der Waals surface area contributed by atoms with Crippen molar-refractivity contribution in [3.05, 3.63) is 30.3 Å². The van der Waals surface area contributed by atoms with Gasteiger partial charge in [-0.2, -0.15) is 5.01 Å². The van der Waals surface area contributed by atoms with Gasteiger partial charge in [-0.05, 0) is 12.1 Å². The zero-order chi connectivity index (χ0) is 18.6. The first-order valence-corrected chi connectivity index (χ1v) is 10.1. The number of nitrogens with zero attached hydrogens (tertiary/aromatic N) is 2. The van der Waals surface area contributed by atoms with E-state index in [0.29, 0.717) is 0 Å². The van der Waals surface area contributed by atoms with Gasteiger partial charge in [0, 0.05) is 12.8 Å². The van der Waals surface area contributed by atoms with Crippen molar-refractivity contribution in [1.29, 1.82) is 0 Å². The number of hydrazine groups is 1. The second-order valence-electron chi connectivity index (χ2n) is 5.55. The highest BCUT2D eigenvalue weighted by Crippen LogP contribution is 2.23. The molecule has 0 aliphatic carbocycles. The summed E-state index contributed by atoms with van der Waals surface area (Å²) in [7, 11) is -2.05.